The number of amides is 1. The van der Waals surface area contributed by atoms with Crippen molar-refractivity contribution in [3.05, 3.63) is 40.4 Å². The summed E-state index contributed by atoms with van der Waals surface area (Å²) in [5.41, 5.74) is 1.82. The van der Waals surface area contributed by atoms with Gasteiger partial charge in [0.15, 0.2) is 5.13 Å². The summed E-state index contributed by atoms with van der Waals surface area (Å²) >= 11 is 1.36. The van der Waals surface area contributed by atoms with E-state index < -0.39 is 15.9 Å². The second-order valence-corrected chi connectivity index (χ2v) is 8.53. The summed E-state index contributed by atoms with van der Waals surface area (Å²) in [6.45, 7) is 5.38. The van der Waals surface area contributed by atoms with Crippen molar-refractivity contribution in [3.63, 3.8) is 0 Å². The van der Waals surface area contributed by atoms with Gasteiger partial charge in [0, 0.05) is 11.9 Å². The van der Waals surface area contributed by atoms with Crippen molar-refractivity contribution < 1.29 is 13.2 Å². The molecule has 0 atom stereocenters. The number of likely N-dealkylation sites (N-methyl/N-ethyl adjacent to an activating group) is 1. The summed E-state index contributed by atoms with van der Waals surface area (Å²) in [7, 11) is -2.31. The van der Waals surface area contributed by atoms with Crippen LogP contribution in [0.25, 0.3) is 0 Å². The van der Waals surface area contributed by atoms with Gasteiger partial charge in [0.1, 0.15) is 0 Å². The number of carbonyl (C=O) groups excluding carboxylic acids is 1. The smallest absolute Gasteiger partial charge is 0.243 e. The highest BCUT2D eigenvalue weighted by atomic mass is 32.2. The maximum absolute atomic E-state index is 12.4. The lowest BCUT2D eigenvalue weighted by Gasteiger charge is -2.16. The number of rotatable bonds is 5. The fraction of sp³-hybridized carbons (Fsp3) is 0.333. The van der Waals surface area contributed by atoms with Crippen LogP contribution in [0.2, 0.25) is 0 Å². The number of nitrogens with zero attached hydrogens (tertiary/aromatic N) is 2. The van der Waals surface area contributed by atoms with Gasteiger partial charge < -0.3 is 5.32 Å². The van der Waals surface area contributed by atoms with Crippen LogP contribution < -0.4 is 5.32 Å². The molecule has 1 heterocycles. The highest BCUT2D eigenvalue weighted by Gasteiger charge is 2.23. The van der Waals surface area contributed by atoms with Crippen LogP contribution in [-0.4, -0.2) is 37.2 Å². The fourth-order valence-electron chi connectivity index (χ4n) is 1.86. The zero-order valence-electron chi connectivity index (χ0n) is 13.5. The van der Waals surface area contributed by atoms with Crippen LogP contribution >= 0.6 is 11.3 Å². The third kappa shape index (κ3) is 4.15. The molecule has 0 aliphatic heterocycles. The van der Waals surface area contributed by atoms with Crippen LogP contribution in [0.1, 0.15) is 16.1 Å². The van der Waals surface area contributed by atoms with E-state index in [9.17, 15) is 13.2 Å². The van der Waals surface area contributed by atoms with E-state index in [4.69, 9.17) is 0 Å². The van der Waals surface area contributed by atoms with Gasteiger partial charge in [-0.25, -0.2) is 13.4 Å². The van der Waals surface area contributed by atoms with Gasteiger partial charge in [-0.3, -0.25) is 4.79 Å². The molecule has 0 bridgehead atoms. The topological polar surface area (TPSA) is 79.4 Å². The Morgan fingerprint density at radius 2 is 1.83 bits per heavy atom. The number of sulfonamides is 1. The lowest BCUT2D eigenvalue weighted by atomic mass is 10.2. The van der Waals surface area contributed by atoms with Gasteiger partial charge in [-0.1, -0.05) is 17.7 Å². The Hall–Kier alpha value is -1.77. The van der Waals surface area contributed by atoms with E-state index in [-0.39, 0.29) is 11.4 Å². The highest BCUT2D eigenvalue weighted by molar-refractivity contribution is 7.89. The van der Waals surface area contributed by atoms with E-state index in [0.29, 0.717) is 5.13 Å². The largest absolute Gasteiger partial charge is 0.301 e. The molecule has 0 aliphatic rings. The number of anilines is 1. The van der Waals surface area contributed by atoms with Gasteiger partial charge in [0.05, 0.1) is 17.1 Å². The molecule has 1 aromatic carbocycles. The summed E-state index contributed by atoms with van der Waals surface area (Å²) in [6, 6.07) is 6.52. The molecule has 0 saturated heterocycles. The SMILES string of the molecule is Cc1ccc(S(=O)(=O)N(C)CC(=O)Nc2nc(C)c(C)s2)cc1. The van der Waals surface area contributed by atoms with E-state index in [1.807, 2.05) is 20.8 Å². The minimum Gasteiger partial charge on any atom is -0.301 e. The minimum atomic E-state index is -3.69. The summed E-state index contributed by atoms with van der Waals surface area (Å²) in [6.07, 6.45) is 0. The zero-order valence-corrected chi connectivity index (χ0v) is 15.1. The molecular formula is C15H19N3O3S2. The van der Waals surface area contributed by atoms with Crippen LogP contribution in [0.5, 0.6) is 0 Å². The predicted octanol–water partition coefficient (Wildman–Crippen LogP) is 2.33. The first-order valence-electron chi connectivity index (χ1n) is 6.97. The van der Waals surface area contributed by atoms with Crippen molar-refractivity contribution in [3.8, 4) is 0 Å². The van der Waals surface area contributed by atoms with E-state index in [1.54, 1.807) is 12.1 Å². The maximum Gasteiger partial charge on any atom is 0.243 e. The first-order valence-corrected chi connectivity index (χ1v) is 9.22. The second kappa shape index (κ2) is 6.77. The van der Waals surface area contributed by atoms with Crippen LogP contribution in [0, 0.1) is 20.8 Å². The maximum atomic E-state index is 12.4. The third-order valence-electron chi connectivity index (χ3n) is 3.37. The van der Waals surface area contributed by atoms with Crippen LogP contribution in [0.3, 0.4) is 0 Å². The van der Waals surface area contributed by atoms with E-state index in [0.717, 1.165) is 20.4 Å². The van der Waals surface area contributed by atoms with Crippen LogP contribution in [0.15, 0.2) is 29.2 Å². The van der Waals surface area contributed by atoms with Gasteiger partial charge in [0.25, 0.3) is 0 Å². The van der Waals surface area contributed by atoms with Gasteiger partial charge >= 0.3 is 0 Å². The molecule has 0 aliphatic carbocycles. The van der Waals surface area contributed by atoms with Crippen LogP contribution in [0.4, 0.5) is 5.13 Å². The van der Waals surface area contributed by atoms with Crippen molar-refractivity contribution in [2.24, 2.45) is 0 Å². The number of carbonyl (C=O) groups is 1. The highest BCUT2D eigenvalue weighted by Crippen LogP contribution is 2.21. The standard InChI is InChI=1S/C15H19N3O3S2/c1-10-5-7-13(8-6-10)23(20,21)18(4)9-14(19)17-15-16-11(2)12(3)22-15/h5-8H,9H2,1-4H3,(H,16,17,19). The van der Waals surface area contributed by atoms with Gasteiger partial charge in [0.2, 0.25) is 15.9 Å². The first-order chi connectivity index (χ1) is 10.7. The lowest BCUT2D eigenvalue weighted by Crippen LogP contribution is -2.34. The van der Waals surface area contributed by atoms with Crippen molar-refractivity contribution in [1.82, 2.24) is 9.29 Å². The predicted molar refractivity (Wildman–Crippen MR) is 91.2 cm³/mol. The molecule has 0 fully saturated rings. The zero-order chi connectivity index (χ0) is 17.2. The molecule has 8 heteroatoms. The number of nitrogens with one attached hydrogen (secondary N) is 1. The van der Waals surface area contributed by atoms with Crippen molar-refractivity contribution in [2.45, 2.75) is 25.7 Å². The molecule has 0 radical (unpaired) electrons. The van der Waals surface area contributed by atoms with Crippen LogP contribution in [-0.2, 0) is 14.8 Å². The van der Waals surface area contributed by atoms with Crippen molar-refractivity contribution in [2.75, 3.05) is 18.9 Å². The Labute approximate surface area is 140 Å². The Bertz CT molecular complexity index is 791. The molecule has 0 saturated carbocycles. The first kappa shape index (κ1) is 17.6. The summed E-state index contributed by atoms with van der Waals surface area (Å²) in [4.78, 5) is 17.4. The van der Waals surface area contributed by atoms with Gasteiger partial charge in [-0.2, -0.15) is 4.31 Å². The monoisotopic (exact) mass is 353 g/mol. The molecule has 1 aromatic heterocycles. The lowest BCUT2D eigenvalue weighted by molar-refractivity contribution is -0.116. The molecule has 124 valence electrons. The number of aromatic nitrogens is 1. The van der Waals surface area contributed by atoms with Crippen molar-refractivity contribution >= 4 is 32.4 Å². The Kier molecular flexibility index (Phi) is 5.18. The number of thiazole rings is 1. The molecule has 6 nitrogen and oxygen atoms in total. The average Bonchev–Trinajstić information content (AvgIpc) is 2.77. The quantitative estimate of drug-likeness (QED) is 0.895. The fourth-order valence-corrected chi connectivity index (χ4v) is 3.82. The molecule has 1 N–H and O–H groups in total. The normalized spacial score (nSPS) is 11.7. The summed E-state index contributed by atoms with van der Waals surface area (Å²) in [5, 5.41) is 3.11. The van der Waals surface area contributed by atoms with Crippen molar-refractivity contribution in [1.29, 1.82) is 0 Å². The Balaban J connectivity index is 2.06. The minimum absolute atomic E-state index is 0.166. The molecule has 0 unspecified atom stereocenters. The Morgan fingerprint density at radius 3 is 2.35 bits per heavy atom. The number of hydrogen-bond donors (Lipinski definition) is 1. The number of aryl methyl sites for hydroxylation is 3. The summed E-state index contributed by atoms with van der Waals surface area (Å²) in [5.74, 6) is -0.420. The number of hydrogen-bond acceptors (Lipinski definition) is 5. The summed E-state index contributed by atoms with van der Waals surface area (Å²) < 4.78 is 25.9. The second-order valence-electron chi connectivity index (χ2n) is 5.28. The Morgan fingerprint density at radius 1 is 1.22 bits per heavy atom. The van der Waals surface area contributed by atoms with Gasteiger partial charge in [-0.05, 0) is 32.9 Å². The number of benzene rings is 1. The van der Waals surface area contributed by atoms with E-state index in [1.165, 1.54) is 30.5 Å². The molecule has 1 amide bonds. The molecular weight excluding hydrogens is 334 g/mol. The van der Waals surface area contributed by atoms with Gasteiger partial charge in [-0.15, -0.1) is 11.3 Å². The van der Waals surface area contributed by atoms with E-state index in [2.05, 4.69) is 10.3 Å². The third-order valence-corrected chi connectivity index (χ3v) is 6.18. The molecule has 0 spiro atoms. The molecule has 2 aromatic rings. The molecule has 2 rings (SSSR count). The average molecular weight is 353 g/mol. The molecule has 23 heavy (non-hydrogen) atoms. The van der Waals surface area contributed by atoms with E-state index >= 15 is 0 Å².